The normalized spacial score (nSPS) is 10.9. The van der Waals surface area contributed by atoms with Crippen LogP contribution in [0.2, 0.25) is 0 Å². The molecule has 0 aliphatic rings. The Balaban J connectivity index is 2.96. The van der Waals surface area contributed by atoms with Gasteiger partial charge in [0.1, 0.15) is 5.69 Å². The van der Waals surface area contributed by atoms with E-state index >= 15 is 0 Å². The number of nitrogens with zero attached hydrogens (tertiary/aromatic N) is 2. The molecule has 2 rings (SSSR count). The van der Waals surface area contributed by atoms with Crippen molar-refractivity contribution in [2.45, 2.75) is 27.3 Å². The summed E-state index contributed by atoms with van der Waals surface area (Å²) in [5, 5.41) is 0. The predicted octanol–water partition coefficient (Wildman–Crippen LogP) is 2.03. The van der Waals surface area contributed by atoms with Crippen LogP contribution in [0.3, 0.4) is 0 Å². The van der Waals surface area contributed by atoms with Gasteiger partial charge in [-0.3, -0.25) is 4.79 Å². The molecule has 3 heteroatoms. The molecule has 0 fully saturated rings. The van der Waals surface area contributed by atoms with Crippen LogP contribution in [0.15, 0.2) is 23.0 Å². The first-order valence-electron chi connectivity index (χ1n) is 5.11. The minimum absolute atomic E-state index is 0.00981. The molecule has 0 atom stereocenters. The van der Waals surface area contributed by atoms with Crippen molar-refractivity contribution in [3.05, 3.63) is 39.8 Å². The highest BCUT2D eigenvalue weighted by Gasteiger charge is 2.05. The molecule has 0 aliphatic carbocycles. The maximum absolute atomic E-state index is 11.8. The van der Waals surface area contributed by atoms with Crippen LogP contribution >= 0.6 is 0 Å². The van der Waals surface area contributed by atoms with Gasteiger partial charge in [0.2, 0.25) is 0 Å². The van der Waals surface area contributed by atoms with Crippen LogP contribution in [-0.4, -0.2) is 9.55 Å². The Morgan fingerprint density at radius 3 is 2.73 bits per heavy atom. The molecule has 1 aromatic heterocycles. The van der Waals surface area contributed by atoms with Gasteiger partial charge >= 0.3 is 0 Å². The second-order valence-electron chi connectivity index (χ2n) is 3.74. The largest absolute Gasteiger partial charge is 0.305 e. The third-order valence-electron chi connectivity index (χ3n) is 2.58. The topological polar surface area (TPSA) is 34.9 Å². The van der Waals surface area contributed by atoms with Crippen molar-refractivity contribution >= 4 is 11.0 Å². The minimum atomic E-state index is 0.00981. The average Bonchev–Trinajstić information content (AvgIpc) is 2.21. The minimum Gasteiger partial charge on any atom is -0.305 e. The molecule has 78 valence electrons. The van der Waals surface area contributed by atoms with Gasteiger partial charge in [-0.05, 0) is 38.5 Å². The van der Waals surface area contributed by atoms with Crippen LogP contribution in [0.5, 0.6) is 0 Å². The van der Waals surface area contributed by atoms with Crippen molar-refractivity contribution in [3.63, 3.8) is 0 Å². The fraction of sp³-hybridized carbons (Fsp3) is 0.333. The van der Waals surface area contributed by atoms with Gasteiger partial charge < -0.3 is 4.57 Å². The Morgan fingerprint density at radius 1 is 1.33 bits per heavy atom. The molecule has 0 radical (unpaired) electrons. The van der Waals surface area contributed by atoms with Crippen LogP contribution in [-0.2, 0) is 6.54 Å². The van der Waals surface area contributed by atoms with Crippen molar-refractivity contribution in [1.29, 1.82) is 0 Å². The summed E-state index contributed by atoms with van der Waals surface area (Å²) in [5.74, 6) is 0. The number of fused-ring (bicyclic) bond motifs is 1. The molecule has 0 bridgehead atoms. The summed E-state index contributed by atoms with van der Waals surface area (Å²) in [6, 6.07) is 5.98. The third kappa shape index (κ3) is 1.54. The Labute approximate surface area is 88.4 Å². The maximum atomic E-state index is 11.8. The van der Waals surface area contributed by atoms with Gasteiger partial charge in [0.15, 0.2) is 0 Å². The van der Waals surface area contributed by atoms with Crippen molar-refractivity contribution in [2.75, 3.05) is 0 Å². The number of aromatic nitrogens is 2. The number of benzene rings is 1. The number of hydrogen-bond donors (Lipinski definition) is 0. The van der Waals surface area contributed by atoms with Crippen molar-refractivity contribution in [3.8, 4) is 0 Å². The molecule has 2 aromatic rings. The molecule has 1 heterocycles. The molecular formula is C12H14N2O. The zero-order valence-corrected chi connectivity index (χ0v) is 9.24. The summed E-state index contributed by atoms with van der Waals surface area (Å²) in [4.78, 5) is 16.1. The van der Waals surface area contributed by atoms with Gasteiger partial charge in [-0.25, -0.2) is 4.98 Å². The first-order chi connectivity index (χ1) is 7.13. The fourth-order valence-corrected chi connectivity index (χ4v) is 1.79. The van der Waals surface area contributed by atoms with E-state index in [9.17, 15) is 4.79 Å². The van der Waals surface area contributed by atoms with Gasteiger partial charge in [-0.1, -0.05) is 6.07 Å². The lowest BCUT2D eigenvalue weighted by molar-refractivity contribution is 0.744. The number of rotatable bonds is 1. The second-order valence-corrected chi connectivity index (χ2v) is 3.74. The van der Waals surface area contributed by atoms with E-state index in [1.807, 2.05) is 32.0 Å². The van der Waals surface area contributed by atoms with E-state index in [1.165, 1.54) is 0 Å². The third-order valence-corrected chi connectivity index (χ3v) is 2.58. The lowest BCUT2D eigenvalue weighted by Crippen LogP contribution is -2.23. The standard InChI is InChI=1S/C12H14N2O/c1-4-14-11-7-8(2)5-6-10(11)13-9(3)12(14)15/h5-7H,4H2,1-3H3. The van der Waals surface area contributed by atoms with Gasteiger partial charge in [-0.2, -0.15) is 0 Å². The molecule has 0 aliphatic heterocycles. The van der Waals surface area contributed by atoms with E-state index in [0.29, 0.717) is 12.2 Å². The Hall–Kier alpha value is -1.64. The average molecular weight is 202 g/mol. The summed E-state index contributed by atoms with van der Waals surface area (Å²) in [6.45, 7) is 6.43. The van der Waals surface area contributed by atoms with Crippen molar-refractivity contribution < 1.29 is 0 Å². The van der Waals surface area contributed by atoms with E-state index in [4.69, 9.17) is 0 Å². The monoisotopic (exact) mass is 202 g/mol. The zero-order valence-electron chi connectivity index (χ0n) is 9.24. The van der Waals surface area contributed by atoms with Crippen LogP contribution in [0, 0.1) is 13.8 Å². The molecule has 0 spiro atoms. The molecule has 0 amide bonds. The van der Waals surface area contributed by atoms with E-state index in [-0.39, 0.29) is 5.56 Å². The van der Waals surface area contributed by atoms with E-state index < -0.39 is 0 Å². The van der Waals surface area contributed by atoms with Gasteiger partial charge in [-0.15, -0.1) is 0 Å². The molecular weight excluding hydrogens is 188 g/mol. The van der Waals surface area contributed by atoms with Crippen LogP contribution in [0.4, 0.5) is 0 Å². The van der Waals surface area contributed by atoms with E-state index in [1.54, 1.807) is 11.5 Å². The number of aryl methyl sites for hydroxylation is 3. The molecule has 1 aromatic carbocycles. The van der Waals surface area contributed by atoms with Crippen molar-refractivity contribution in [1.82, 2.24) is 9.55 Å². The second kappa shape index (κ2) is 3.50. The van der Waals surface area contributed by atoms with Crippen molar-refractivity contribution in [2.24, 2.45) is 0 Å². The van der Waals surface area contributed by atoms with Crippen LogP contribution < -0.4 is 5.56 Å². The van der Waals surface area contributed by atoms with Crippen LogP contribution in [0.25, 0.3) is 11.0 Å². The summed E-state index contributed by atoms with van der Waals surface area (Å²) >= 11 is 0. The lowest BCUT2D eigenvalue weighted by Gasteiger charge is -2.08. The molecule has 3 nitrogen and oxygen atoms in total. The summed E-state index contributed by atoms with van der Waals surface area (Å²) < 4.78 is 1.77. The lowest BCUT2D eigenvalue weighted by atomic mass is 10.2. The summed E-state index contributed by atoms with van der Waals surface area (Å²) in [5.41, 5.74) is 3.53. The molecule has 15 heavy (non-hydrogen) atoms. The smallest absolute Gasteiger partial charge is 0.272 e. The van der Waals surface area contributed by atoms with Crippen LogP contribution in [0.1, 0.15) is 18.2 Å². The fourth-order valence-electron chi connectivity index (χ4n) is 1.79. The zero-order chi connectivity index (χ0) is 11.0. The molecule has 0 saturated carbocycles. The van der Waals surface area contributed by atoms with E-state index in [0.717, 1.165) is 16.6 Å². The summed E-state index contributed by atoms with van der Waals surface area (Å²) in [7, 11) is 0. The number of hydrogen-bond acceptors (Lipinski definition) is 2. The molecule has 0 saturated heterocycles. The van der Waals surface area contributed by atoms with Gasteiger partial charge in [0.05, 0.1) is 11.0 Å². The quantitative estimate of drug-likeness (QED) is 0.709. The first-order valence-corrected chi connectivity index (χ1v) is 5.11. The highest BCUT2D eigenvalue weighted by Crippen LogP contribution is 2.12. The molecule has 0 N–H and O–H groups in total. The summed E-state index contributed by atoms with van der Waals surface area (Å²) in [6.07, 6.45) is 0. The first kappa shape index (κ1) is 9.90. The Bertz CT molecular complexity index is 570. The predicted molar refractivity (Wildman–Crippen MR) is 61.2 cm³/mol. The highest BCUT2D eigenvalue weighted by molar-refractivity contribution is 5.75. The maximum Gasteiger partial charge on any atom is 0.272 e. The van der Waals surface area contributed by atoms with Gasteiger partial charge in [0.25, 0.3) is 5.56 Å². The van der Waals surface area contributed by atoms with Gasteiger partial charge in [0, 0.05) is 6.54 Å². The highest BCUT2D eigenvalue weighted by atomic mass is 16.1. The Morgan fingerprint density at radius 2 is 2.07 bits per heavy atom. The SMILES string of the molecule is CCn1c(=O)c(C)nc2ccc(C)cc21. The van der Waals surface area contributed by atoms with E-state index in [2.05, 4.69) is 4.98 Å². The molecule has 0 unspecified atom stereocenters. The Kier molecular flexibility index (Phi) is 2.31.